The highest BCUT2D eigenvalue weighted by atomic mass is 32.2. The molecule has 0 aliphatic carbocycles. The first-order valence-electron chi connectivity index (χ1n) is 7.78. The van der Waals surface area contributed by atoms with Crippen molar-refractivity contribution < 1.29 is 22.7 Å². The van der Waals surface area contributed by atoms with E-state index in [1.165, 1.54) is 44.6 Å². The van der Waals surface area contributed by atoms with Gasteiger partial charge in [0, 0.05) is 12.6 Å². The van der Waals surface area contributed by atoms with Crippen LogP contribution in [0.4, 0.5) is 5.69 Å². The van der Waals surface area contributed by atoms with Gasteiger partial charge in [-0.3, -0.25) is 9.10 Å². The molecule has 27 heavy (non-hydrogen) atoms. The minimum atomic E-state index is -3.36. The van der Waals surface area contributed by atoms with Crippen molar-refractivity contribution in [2.24, 2.45) is 5.10 Å². The van der Waals surface area contributed by atoms with Crippen molar-refractivity contribution in [1.82, 2.24) is 5.43 Å². The van der Waals surface area contributed by atoms with E-state index in [9.17, 15) is 18.0 Å². The zero-order valence-electron chi connectivity index (χ0n) is 15.0. The summed E-state index contributed by atoms with van der Waals surface area (Å²) in [6.07, 6.45) is 2.53. The van der Waals surface area contributed by atoms with E-state index in [4.69, 9.17) is 0 Å². The maximum Gasteiger partial charge on any atom is 0.337 e. The van der Waals surface area contributed by atoms with Gasteiger partial charge >= 0.3 is 5.97 Å². The Morgan fingerprint density at radius 2 is 1.59 bits per heavy atom. The van der Waals surface area contributed by atoms with Gasteiger partial charge in [0.05, 0.1) is 30.8 Å². The number of ether oxygens (including phenoxy) is 1. The van der Waals surface area contributed by atoms with Crippen LogP contribution in [0, 0.1) is 0 Å². The molecule has 0 heterocycles. The Morgan fingerprint density at radius 1 is 1.04 bits per heavy atom. The molecule has 2 aromatic carbocycles. The molecular formula is C18H19N3O5S. The maximum absolute atomic E-state index is 12.1. The molecule has 0 bridgehead atoms. The van der Waals surface area contributed by atoms with Crippen LogP contribution < -0.4 is 9.73 Å². The Kier molecular flexibility index (Phi) is 6.30. The number of nitrogens with zero attached hydrogens (tertiary/aromatic N) is 2. The molecule has 0 saturated carbocycles. The highest BCUT2D eigenvalue weighted by molar-refractivity contribution is 7.92. The molecule has 1 N–H and O–H groups in total. The van der Waals surface area contributed by atoms with Crippen LogP contribution in [0.3, 0.4) is 0 Å². The predicted molar refractivity (Wildman–Crippen MR) is 103 cm³/mol. The lowest BCUT2D eigenvalue weighted by Crippen LogP contribution is -2.25. The average molecular weight is 389 g/mol. The van der Waals surface area contributed by atoms with Crippen LogP contribution in [0.5, 0.6) is 0 Å². The Balaban J connectivity index is 1.99. The molecule has 0 aliphatic rings. The van der Waals surface area contributed by atoms with E-state index < -0.39 is 21.9 Å². The molecule has 0 aromatic heterocycles. The molecular weight excluding hydrogens is 370 g/mol. The third-order valence-electron chi connectivity index (χ3n) is 3.70. The molecule has 0 saturated heterocycles. The number of carbonyl (C=O) groups is 2. The number of amides is 1. The van der Waals surface area contributed by atoms with Crippen LogP contribution in [0.25, 0.3) is 0 Å². The second-order valence-corrected chi connectivity index (χ2v) is 7.60. The quantitative estimate of drug-likeness (QED) is 0.459. The van der Waals surface area contributed by atoms with Crippen LogP contribution in [-0.4, -0.2) is 46.9 Å². The van der Waals surface area contributed by atoms with E-state index in [0.717, 1.165) is 10.6 Å². The maximum atomic E-state index is 12.1. The topological polar surface area (TPSA) is 105 Å². The summed E-state index contributed by atoms with van der Waals surface area (Å²) in [6.45, 7) is 0. The number of hydrogen-bond donors (Lipinski definition) is 1. The molecule has 0 unspecified atom stereocenters. The summed E-state index contributed by atoms with van der Waals surface area (Å²) in [6, 6.07) is 12.6. The van der Waals surface area contributed by atoms with E-state index in [2.05, 4.69) is 15.3 Å². The third kappa shape index (κ3) is 5.38. The van der Waals surface area contributed by atoms with E-state index in [1.807, 2.05) is 0 Å². The van der Waals surface area contributed by atoms with Gasteiger partial charge in [-0.15, -0.1) is 0 Å². The van der Waals surface area contributed by atoms with Crippen molar-refractivity contribution in [1.29, 1.82) is 0 Å². The first-order chi connectivity index (χ1) is 12.7. The lowest BCUT2D eigenvalue weighted by molar-refractivity contribution is 0.0600. The summed E-state index contributed by atoms with van der Waals surface area (Å²) in [5.41, 5.74) is 4.26. The second-order valence-electron chi connectivity index (χ2n) is 5.59. The molecule has 9 heteroatoms. The zero-order valence-corrected chi connectivity index (χ0v) is 15.9. The minimum Gasteiger partial charge on any atom is -0.465 e. The van der Waals surface area contributed by atoms with Gasteiger partial charge < -0.3 is 4.74 Å². The van der Waals surface area contributed by atoms with E-state index in [-0.39, 0.29) is 0 Å². The monoisotopic (exact) mass is 389 g/mol. The van der Waals surface area contributed by atoms with Crippen molar-refractivity contribution in [2.45, 2.75) is 0 Å². The minimum absolute atomic E-state index is 0.332. The number of carbonyl (C=O) groups excluding carboxylic acids is 2. The van der Waals surface area contributed by atoms with Crippen LogP contribution in [0.2, 0.25) is 0 Å². The molecule has 0 atom stereocenters. The summed E-state index contributed by atoms with van der Waals surface area (Å²) in [4.78, 5) is 23.4. The van der Waals surface area contributed by atoms with Crippen LogP contribution in [0.1, 0.15) is 26.3 Å². The Labute approximate surface area is 157 Å². The van der Waals surface area contributed by atoms with Crippen molar-refractivity contribution in [3.8, 4) is 0 Å². The highest BCUT2D eigenvalue weighted by Crippen LogP contribution is 2.16. The van der Waals surface area contributed by atoms with Gasteiger partial charge in [-0.05, 0) is 42.0 Å². The first kappa shape index (κ1) is 20.1. The number of hydrazone groups is 1. The molecule has 0 fully saturated rings. The number of nitrogens with one attached hydrogen (secondary N) is 1. The van der Waals surface area contributed by atoms with Crippen molar-refractivity contribution in [2.75, 3.05) is 24.7 Å². The van der Waals surface area contributed by atoms with E-state index in [0.29, 0.717) is 22.4 Å². The second kappa shape index (κ2) is 8.45. The number of sulfonamides is 1. The lowest BCUT2D eigenvalue weighted by atomic mass is 10.1. The molecule has 0 radical (unpaired) electrons. The van der Waals surface area contributed by atoms with E-state index >= 15 is 0 Å². The Morgan fingerprint density at radius 3 is 2.11 bits per heavy atom. The van der Waals surface area contributed by atoms with Gasteiger partial charge in [0.1, 0.15) is 0 Å². The summed E-state index contributed by atoms with van der Waals surface area (Å²) in [5, 5.41) is 3.86. The van der Waals surface area contributed by atoms with Crippen LogP contribution in [-0.2, 0) is 14.8 Å². The Hall–Kier alpha value is -3.20. The number of benzene rings is 2. The van der Waals surface area contributed by atoms with E-state index in [1.54, 1.807) is 24.3 Å². The molecule has 0 spiro atoms. The number of anilines is 1. The van der Waals surface area contributed by atoms with Crippen molar-refractivity contribution in [3.05, 3.63) is 65.2 Å². The molecule has 2 rings (SSSR count). The summed E-state index contributed by atoms with van der Waals surface area (Å²) < 4.78 is 28.7. The highest BCUT2D eigenvalue weighted by Gasteiger charge is 2.12. The van der Waals surface area contributed by atoms with Gasteiger partial charge in [0.25, 0.3) is 5.91 Å². The fourth-order valence-corrected chi connectivity index (χ4v) is 2.57. The van der Waals surface area contributed by atoms with Gasteiger partial charge in [-0.25, -0.2) is 18.6 Å². The average Bonchev–Trinajstić information content (AvgIpc) is 2.66. The van der Waals surface area contributed by atoms with Gasteiger partial charge in [0.2, 0.25) is 10.0 Å². The van der Waals surface area contributed by atoms with Crippen molar-refractivity contribution in [3.63, 3.8) is 0 Å². The number of rotatable bonds is 6. The lowest BCUT2D eigenvalue weighted by Gasteiger charge is -2.16. The fraction of sp³-hybridized carbons (Fsp3) is 0.167. The summed E-state index contributed by atoms with van der Waals surface area (Å²) in [5.74, 6) is -0.872. The normalized spacial score (nSPS) is 11.2. The molecule has 142 valence electrons. The van der Waals surface area contributed by atoms with Gasteiger partial charge in [-0.1, -0.05) is 12.1 Å². The standard InChI is InChI=1S/C18H19N3O5S/c1-21(27(3,24)25)16-10-8-14(9-11-16)17(22)20-19-12-13-4-6-15(7-5-13)18(23)26-2/h4-12H,1-3H3,(H,20,22)/b19-12-. The first-order valence-corrected chi connectivity index (χ1v) is 9.63. The zero-order chi connectivity index (χ0) is 20.0. The third-order valence-corrected chi connectivity index (χ3v) is 4.91. The fourth-order valence-electron chi connectivity index (χ4n) is 2.07. The number of esters is 1. The van der Waals surface area contributed by atoms with Gasteiger partial charge in [-0.2, -0.15) is 5.10 Å². The Bertz CT molecular complexity index is 951. The summed E-state index contributed by atoms with van der Waals surface area (Å²) in [7, 11) is -0.628. The predicted octanol–water partition coefficient (Wildman–Crippen LogP) is 1.63. The molecule has 1 amide bonds. The largest absolute Gasteiger partial charge is 0.465 e. The number of hydrogen-bond acceptors (Lipinski definition) is 6. The van der Waals surface area contributed by atoms with Crippen LogP contribution in [0.15, 0.2) is 53.6 Å². The van der Waals surface area contributed by atoms with Crippen LogP contribution >= 0.6 is 0 Å². The molecule has 0 aliphatic heterocycles. The molecule has 2 aromatic rings. The summed E-state index contributed by atoms with van der Waals surface area (Å²) >= 11 is 0. The van der Waals surface area contributed by atoms with Crippen molar-refractivity contribution >= 4 is 33.8 Å². The van der Waals surface area contributed by atoms with Gasteiger partial charge in [0.15, 0.2) is 0 Å². The number of methoxy groups -OCH3 is 1. The molecule has 8 nitrogen and oxygen atoms in total. The smallest absolute Gasteiger partial charge is 0.337 e. The SMILES string of the molecule is COC(=O)c1ccc(/C=N\NC(=O)c2ccc(N(C)S(C)(=O)=O)cc2)cc1.